The molecule has 3 heterocycles. The Bertz CT molecular complexity index is 1350. The Hall–Kier alpha value is -3.84. The number of hydrogen-bond acceptors (Lipinski definition) is 4. The Labute approximate surface area is 224 Å². The first-order valence-corrected chi connectivity index (χ1v) is 13.5. The number of nitrogens with zero attached hydrogens (tertiary/aromatic N) is 4. The molecular weight excluding hydrogens is 474 g/mol. The highest BCUT2D eigenvalue weighted by molar-refractivity contribution is 5.95. The first-order valence-electron chi connectivity index (χ1n) is 13.5. The summed E-state index contributed by atoms with van der Waals surface area (Å²) in [6, 6.07) is 22.4. The Morgan fingerprint density at radius 1 is 0.789 bits per heavy atom. The van der Waals surface area contributed by atoms with Crippen LogP contribution < -0.4 is 10.2 Å². The lowest BCUT2D eigenvalue weighted by atomic mass is 9.94. The van der Waals surface area contributed by atoms with Gasteiger partial charge in [-0.05, 0) is 79.0 Å². The quantitative estimate of drug-likeness (QED) is 0.562. The summed E-state index contributed by atoms with van der Waals surface area (Å²) in [6.07, 6.45) is 0.872. The smallest absolute Gasteiger partial charge is 0.322 e. The van der Waals surface area contributed by atoms with Crippen molar-refractivity contribution in [3.8, 4) is 0 Å². The van der Waals surface area contributed by atoms with Gasteiger partial charge in [-0.3, -0.25) is 4.79 Å². The molecular formula is C31H35N5O2. The van der Waals surface area contributed by atoms with E-state index >= 15 is 0 Å². The van der Waals surface area contributed by atoms with Gasteiger partial charge in [0, 0.05) is 68.8 Å². The number of piperazine rings is 1. The summed E-state index contributed by atoms with van der Waals surface area (Å²) < 4.78 is 0. The van der Waals surface area contributed by atoms with Crippen LogP contribution in [0.15, 0.2) is 66.7 Å². The second kappa shape index (κ2) is 10.1. The average Bonchev–Trinajstić information content (AvgIpc) is 3.37. The summed E-state index contributed by atoms with van der Waals surface area (Å²) in [4.78, 5) is 35.0. The Morgan fingerprint density at radius 2 is 1.47 bits per heavy atom. The minimum Gasteiger partial charge on any atom is -0.369 e. The van der Waals surface area contributed by atoms with Gasteiger partial charge in [0.05, 0.1) is 0 Å². The zero-order chi connectivity index (χ0) is 26.2. The largest absolute Gasteiger partial charge is 0.369 e. The fraction of sp³-hybridized carbons (Fsp3) is 0.355. The number of anilines is 2. The maximum Gasteiger partial charge on any atom is 0.322 e. The second-order valence-corrected chi connectivity index (χ2v) is 10.9. The van der Waals surface area contributed by atoms with E-state index in [1.807, 2.05) is 41.3 Å². The maximum absolute atomic E-state index is 13.5. The summed E-state index contributed by atoms with van der Waals surface area (Å²) >= 11 is 0. The van der Waals surface area contributed by atoms with Crippen molar-refractivity contribution < 1.29 is 9.59 Å². The van der Waals surface area contributed by atoms with Crippen molar-refractivity contribution in [3.63, 3.8) is 0 Å². The number of likely N-dealkylation sites (N-methyl/N-ethyl adjacent to an activating group) is 1. The summed E-state index contributed by atoms with van der Waals surface area (Å²) in [5.74, 6) is 0.0538. The SMILES string of the molecule is C[C@@H]1Cc2ccccc2CN1C(=O)c1ccc2c(c1)CN(C(=O)Nc1ccc(N3CCN(C)CC3)cc1)C2. The van der Waals surface area contributed by atoms with Crippen LogP contribution in [0.4, 0.5) is 16.2 Å². The van der Waals surface area contributed by atoms with E-state index in [0.717, 1.165) is 49.4 Å². The number of carbonyl (C=O) groups excluding carboxylic acids is 2. The van der Waals surface area contributed by atoms with Gasteiger partial charge in [-0.25, -0.2) is 4.79 Å². The van der Waals surface area contributed by atoms with E-state index in [1.54, 1.807) is 4.90 Å². The summed E-state index contributed by atoms with van der Waals surface area (Å²) in [5.41, 5.74) is 7.36. The Kier molecular flexibility index (Phi) is 6.54. The van der Waals surface area contributed by atoms with Crippen molar-refractivity contribution in [2.24, 2.45) is 0 Å². The number of hydrogen-bond donors (Lipinski definition) is 1. The van der Waals surface area contributed by atoms with E-state index in [1.165, 1.54) is 16.8 Å². The van der Waals surface area contributed by atoms with Crippen molar-refractivity contribution >= 4 is 23.3 Å². The predicted molar refractivity (Wildman–Crippen MR) is 150 cm³/mol. The van der Waals surface area contributed by atoms with Crippen molar-refractivity contribution in [3.05, 3.63) is 94.5 Å². The number of fused-ring (bicyclic) bond motifs is 2. The molecule has 7 nitrogen and oxygen atoms in total. The summed E-state index contributed by atoms with van der Waals surface area (Å²) in [7, 11) is 2.15. The molecule has 0 aromatic heterocycles. The van der Waals surface area contributed by atoms with Gasteiger partial charge in [0.2, 0.25) is 0 Å². The molecule has 3 aliphatic rings. The van der Waals surface area contributed by atoms with Gasteiger partial charge in [-0.2, -0.15) is 0 Å². The lowest BCUT2D eigenvalue weighted by Crippen LogP contribution is -2.44. The number of urea groups is 1. The average molecular weight is 510 g/mol. The fourth-order valence-electron chi connectivity index (χ4n) is 5.81. The molecule has 7 heteroatoms. The van der Waals surface area contributed by atoms with Gasteiger partial charge in [0.15, 0.2) is 0 Å². The van der Waals surface area contributed by atoms with Crippen LogP contribution >= 0.6 is 0 Å². The lowest BCUT2D eigenvalue weighted by molar-refractivity contribution is 0.0658. The van der Waals surface area contributed by atoms with E-state index in [4.69, 9.17) is 0 Å². The van der Waals surface area contributed by atoms with Crippen LogP contribution in [0.25, 0.3) is 0 Å². The van der Waals surface area contributed by atoms with Crippen molar-refractivity contribution in [2.75, 3.05) is 43.4 Å². The van der Waals surface area contributed by atoms with Gasteiger partial charge in [-0.1, -0.05) is 30.3 Å². The maximum atomic E-state index is 13.5. The third-order valence-corrected chi connectivity index (χ3v) is 8.22. The molecule has 0 saturated carbocycles. The molecule has 1 N–H and O–H groups in total. The van der Waals surface area contributed by atoms with Crippen LogP contribution in [0, 0.1) is 0 Å². The van der Waals surface area contributed by atoms with Crippen LogP contribution in [-0.4, -0.2) is 65.9 Å². The van der Waals surface area contributed by atoms with E-state index in [-0.39, 0.29) is 18.0 Å². The zero-order valence-corrected chi connectivity index (χ0v) is 22.2. The predicted octanol–water partition coefficient (Wildman–Crippen LogP) is 4.57. The van der Waals surface area contributed by atoms with Gasteiger partial charge in [0.25, 0.3) is 5.91 Å². The topological polar surface area (TPSA) is 59.1 Å². The van der Waals surface area contributed by atoms with Crippen molar-refractivity contribution in [2.45, 2.75) is 39.0 Å². The molecule has 0 radical (unpaired) electrons. The first kappa shape index (κ1) is 24.5. The molecule has 38 heavy (non-hydrogen) atoms. The molecule has 3 amide bonds. The first-order chi connectivity index (χ1) is 18.4. The Balaban J connectivity index is 1.08. The van der Waals surface area contributed by atoms with E-state index < -0.39 is 0 Å². The zero-order valence-electron chi connectivity index (χ0n) is 22.2. The fourth-order valence-corrected chi connectivity index (χ4v) is 5.81. The molecule has 0 aliphatic carbocycles. The molecule has 1 saturated heterocycles. The van der Waals surface area contributed by atoms with E-state index in [2.05, 4.69) is 59.4 Å². The lowest BCUT2D eigenvalue weighted by Gasteiger charge is -2.35. The second-order valence-electron chi connectivity index (χ2n) is 10.9. The number of amides is 3. The highest BCUT2D eigenvalue weighted by Gasteiger charge is 2.29. The monoisotopic (exact) mass is 509 g/mol. The minimum atomic E-state index is -0.123. The molecule has 0 spiro atoms. The van der Waals surface area contributed by atoms with Crippen LogP contribution in [0.1, 0.15) is 39.5 Å². The van der Waals surface area contributed by atoms with Gasteiger partial charge < -0.3 is 24.9 Å². The third-order valence-electron chi connectivity index (χ3n) is 8.22. The normalized spacial score (nSPS) is 19.2. The van der Waals surface area contributed by atoms with Gasteiger partial charge in [0.1, 0.15) is 0 Å². The summed E-state index contributed by atoms with van der Waals surface area (Å²) in [5, 5.41) is 3.05. The highest BCUT2D eigenvalue weighted by Crippen LogP contribution is 2.28. The summed E-state index contributed by atoms with van der Waals surface area (Å²) in [6.45, 7) is 7.95. The minimum absolute atomic E-state index is 0.0538. The standard InChI is InChI=1S/C31H35N5O2/c1-22-17-23-5-3-4-6-25(23)21-36(22)30(37)24-7-8-26-19-35(20-27(26)18-24)31(38)32-28-9-11-29(12-10-28)34-15-13-33(2)14-16-34/h3-12,18,22H,13-17,19-21H2,1-2H3,(H,32,38)/t22-/m1/s1. The molecule has 196 valence electrons. The van der Waals surface area contributed by atoms with E-state index in [0.29, 0.717) is 25.2 Å². The van der Waals surface area contributed by atoms with E-state index in [9.17, 15) is 9.59 Å². The molecule has 1 atom stereocenters. The molecule has 6 rings (SSSR count). The van der Waals surface area contributed by atoms with Crippen LogP contribution in [0.3, 0.4) is 0 Å². The Morgan fingerprint density at radius 3 is 2.24 bits per heavy atom. The van der Waals surface area contributed by atoms with Crippen LogP contribution in [0.5, 0.6) is 0 Å². The van der Waals surface area contributed by atoms with Gasteiger partial charge >= 0.3 is 6.03 Å². The molecule has 3 aliphatic heterocycles. The van der Waals surface area contributed by atoms with Crippen molar-refractivity contribution in [1.29, 1.82) is 0 Å². The molecule has 0 unspecified atom stereocenters. The molecule has 3 aromatic rings. The number of nitrogens with one attached hydrogen (secondary N) is 1. The van der Waals surface area contributed by atoms with Crippen LogP contribution in [0.2, 0.25) is 0 Å². The van der Waals surface area contributed by atoms with Crippen molar-refractivity contribution in [1.82, 2.24) is 14.7 Å². The highest BCUT2D eigenvalue weighted by atomic mass is 16.2. The third kappa shape index (κ3) is 4.86. The molecule has 3 aromatic carbocycles. The number of rotatable bonds is 3. The van der Waals surface area contributed by atoms with Crippen LogP contribution in [-0.2, 0) is 26.1 Å². The number of benzene rings is 3. The van der Waals surface area contributed by atoms with Gasteiger partial charge in [-0.15, -0.1) is 0 Å². The molecule has 1 fully saturated rings. The molecule has 0 bridgehead atoms. The number of carbonyl (C=O) groups is 2.